The lowest BCUT2D eigenvalue weighted by molar-refractivity contribution is 0.136. The van der Waals surface area contributed by atoms with Crippen molar-refractivity contribution in [3.8, 4) is 0 Å². The molecule has 0 aromatic heterocycles. The van der Waals surface area contributed by atoms with Gasteiger partial charge in [-0.3, -0.25) is 4.90 Å². The number of aliphatic hydroxyl groups is 3. The second-order valence-corrected chi connectivity index (χ2v) is 0.977. The van der Waals surface area contributed by atoms with Crippen molar-refractivity contribution in [3.05, 3.63) is 0 Å². The Labute approximate surface area is 82.0 Å². The van der Waals surface area contributed by atoms with Crippen LogP contribution in [0, 0.1) is 0 Å². The fourth-order valence-corrected chi connectivity index (χ4v) is 0.221. The lowest BCUT2D eigenvalue weighted by Crippen LogP contribution is -2.32. The molecule has 0 saturated heterocycles. The Kier molecular flexibility index (Phi) is 0.941. The molecule has 0 amide bonds. The molecule has 3 N–H and O–H groups in total. The van der Waals surface area contributed by atoms with Gasteiger partial charge in [-0.15, -0.1) is 0 Å². The minimum absolute atomic E-state index is 0.954. The average molecular weight is 164 g/mol. The predicted molar refractivity (Wildman–Crippen MR) is 37.7 cm³/mol. The molecule has 0 aromatic carbocycles. The van der Waals surface area contributed by atoms with Crippen LogP contribution in [0.15, 0.2) is 0 Å². The summed E-state index contributed by atoms with van der Waals surface area (Å²) in [6.07, 6.45) is 0. The molecule has 10 heavy (non-hydrogen) atoms. The lowest BCUT2D eigenvalue weighted by atomic mass is 10.4. The second-order valence-electron chi connectivity index (χ2n) is 0.977. The Morgan fingerprint density at radius 2 is 1.40 bits per heavy atom. The number of hydrogen-bond acceptors (Lipinski definition) is 4. The van der Waals surface area contributed by atoms with E-state index in [1.54, 1.807) is 0 Å². The van der Waals surface area contributed by atoms with Crippen molar-refractivity contribution in [2.24, 2.45) is 0 Å². The molecular formula is C6H15NO3. The molecule has 0 aliphatic rings. The normalized spacial score (nSPS) is 41.1. The van der Waals surface area contributed by atoms with Crippen molar-refractivity contribution in [1.29, 1.82) is 4.29 Å². The zero-order valence-corrected chi connectivity index (χ0v) is 4.67. The van der Waals surface area contributed by atoms with Gasteiger partial charge in [-0.25, -0.2) is 0 Å². The standard InChI is InChI=1S/C6H15NO3/c8-4-1-7(2-5-9)3-6-10/h8-10H,1-6H2/i1D2,2D2,3D2,4D2,5D2,6D2,8D,9D,10D. The van der Waals surface area contributed by atoms with Crippen LogP contribution in [0.3, 0.4) is 0 Å². The van der Waals surface area contributed by atoms with Crippen LogP contribution < -0.4 is 0 Å². The van der Waals surface area contributed by atoms with Crippen LogP contribution in [-0.2, 0) is 0 Å². The highest BCUT2D eigenvalue weighted by Gasteiger charge is 2.00. The molecule has 4 nitrogen and oxygen atoms in total. The Hall–Kier alpha value is -0.160. The van der Waals surface area contributed by atoms with E-state index in [0.29, 0.717) is 0 Å². The van der Waals surface area contributed by atoms with E-state index in [0.717, 1.165) is 0 Å². The largest absolute Gasteiger partial charge is 0.395 e. The molecule has 0 heterocycles. The van der Waals surface area contributed by atoms with Crippen LogP contribution in [0.4, 0.5) is 0 Å². The van der Waals surface area contributed by atoms with Crippen molar-refractivity contribution < 1.29 is 31.8 Å². The molecule has 0 spiro atoms. The van der Waals surface area contributed by atoms with E-state index in [-0.39, 0.29) is 0 Å². The maximum Gasteiger partial charge on any atom is 0.210 e. The molecule has 62 valence electrons. The lowest BCUT2D eigenvalue weighted by Gasteiger charge is -2.17. The Bertz CT molecular complexity index is 400. The van der Waals surface area contributed by atoms with Gasteiger partial charge < -0.3 is 15.3 Å². The highest BCUT2D eigenvalue weighted by molar-refractivity contribution is 4.54. The third-order valence-electron chi connectivity index (χ3n) is 0.472. The van der Waals surface area contributed by atoms with Crippen LogP contribution in [-0.4, -0.2) is 63.7 Å². The number of rotatable bonds is 9. The van der Waals surface area contributed by atoms with E-state index in [1.165, 1.54) is 0 Å². The topological polar surface area (TPSA) is 63.9 Å². The molecule has 0 aliphatic heterocycles. The van der Waals surface area contributed by atoms with Crippen LogP contribution in [0.5, 0.6) is 0 Å². The van der Waals surface area contributed by atoms with E-state index in [9.17, 15) is 0 Å². The summed E-state index contributed by atoms with van der Waals surface area (Å²) in [5, 5.41) is 10.4. The van der Waals surface area contributed by atoms with Crippen LogP contribution >= 0.6 is 0 Å². The summed E-state index contributed by atoms with van der Waals surface area (Å²) in [5.41, 5.74) is 0. The van der Waals surface area contributed by atoms with E-state index in [4.69, 9.17) is 20.7 Å². The quantitative estimate of drug-likeness (QED) is 0.379. The summed E-state index contributed by atoms with van der Waals surface area (Å²) in [7, 11) is 0. The van der Waals surface area contributed by atoms with Crippen LogP contribution in [0.2, 0.25) is 0 Å². The van der Waals surface area contributed by atoms with Gasteiger partial charge >= 0.3 is 0 Å². The van der Waals surface area contributed by atoms with Gasteiger partial charge in [0.25, 0.3) is 0 Å². The van der Waals surface area contributed by atoms with E-state index in [2.05, 4.69) is 15.3 Å². The van der Waals surface area contributed by atoms with E-state index >= 15 is 0 Å². The molecule has 0 bridgehead atoms. The summed E-state index contributed by atoms with van der Waals surface area (Å²) in [4.78, 5) is -0.954. The molecular weight excluding hydrogens is 134 g/mol. The van der Waals surface area contributed by atoms with Crippen LogP contribution in [0.25, 0.3) is 0 Å². The maximum atomic E-state index is 7.63. The molecule has 0 saturated carbocycles. The third kappa shape index (κ3) is 4.69. The molecule has 0 atom stereocenters. The second kappa shape index (κ2) is 6.95. The molecule has 0 unspecified atom stereocenters. The Morgan fingerprint density at radius 1 is 1.00 bits per heavy atom. The van der Waals surface area contributed by atoms with Crippen molar-refractivity contribution in [2.45, 2.75) is 0 Å². The van der Waals surface area contributed by atoms with Crippen LogP contribution in [0.1, 0.15) is 16.4 Å². The molecule has 0 aromatic rings. The van der Waals surface area contributed by atoms with Gasteiger partial charge in [0.15, 0.2) is 0 Å². The summed E-state index contributed by atoms with van der Waals surface area (Å²) in [5.74, 6) is 0. The first kappa shape index (κ1) is 1.35. The first-order valence-electron chi connectivity index (χ1n) is 9.26. The van der Waals surface area contributed by atoms with Crippen molar-refractivity contribution in [2.75, 3.05) is 39.2 Å². The molecule has 0 aliphatic carbocycles. The zero-order valence-electron chi connectivity index (χ0n) is 19.7. The van der Waals surface area contributed by atoms with Gasteiger partial charge in [0.1, 0.15) is 0 Å². The molecule has 4 heteroatoms. The molecule has 0 fully saturated rings. The first-order chi connectivity index (χ1) is 10.8. The Morgan fingerprint density at radius 3 is 1.70 bits per heavy atom. The van der Waals surface area contributed by atoms with Gasteiger partial charge in [0.05, 0.1) is 27.9 Å². The minimum Gasteiger partial charge on any atom is -0.395 e. The minimum atomic E-state index is -4.06. The highest BCUT2D eigenvalue weighted by Crippen LogP contribution is 1.84. The van der Waals surface area contributed by atoms with Crippen molar-refractivity contribution in [3.63, 3.8) is 0 Å². The zero-order chi connectivity index (χ0) is 20.7. The number of nitrogens with zero attached hydrogens (tertiary/aromatic N) is 1. The highest BCUT2D eigenvalue weighted by atomic mass is 16.3. The fraction of sp³-hybridized carbons (Fsp3) is 1.00. The average Bonchev–Trinajstić information content (AvgIpc) is 2.45. The van der Waals surface area contributed by atoms with E-state index < -0.39 is 44.1 Å². The van der Waals surface area contributed by atoms with Gasteiger partial charge in [-0.2, -0.15) is 0 Å². The van der Waals surface area contributed by atoms with Crippen molar-refractivity contribution >= 4 is 0 Å². The van der Waals surface area contributed by atoms with E-state index in [1.807, 2.05) is 0 Å². The summed E-state index contributed by atoms with van der Waals surface area (Å²) >= 11 is 0. The first-order valence-corrected chi connectivity index (χ1v) is 2.03. The monoisotopic (exact) mass is 164 g/mol. The van der Waals surface area contributed by atoms with Gasteiger partial charge in [-0.05, 0) is 0 Å². The smallest absolute Gasteiger partial charge is 0.210 e. The maximum absolute atomic E-state index is 7.63. The third-order valence-corrected chi connectivity index (χ3v) is 0.472. The molecule has 0 rings (SSSR count). The summed E-state index contributed by atoms with van der Waals surface area (Å²) in [6.45, 7) is -23.6. The summed E-state index contributed by atoms with van der Waals surface area (Å²) in [6, 6.07) is 0. The van der Waals surface area contributed by atoms with Gasteiger partial charge in [0, 0.05) is 27.7 Å². The van der Waals surface area contributed by atoms with Crippen molar-refractivity contribution in [1.82, 2.24) is 4.90 Å². The number of hydrogen-bond donors (Lipinski definition) is 3. The fourth-order valence-electron chi connectivity index (χ4n) is 0.221. The molecule has 0 radical (unpaired) electrons. The van der Waals surface area contributed by atoms with Gasteiger partial charge in [0.2, 0.25) is 4.29 Å². The SMILES string of the molecule is [2H]OC([2H])([2H])C([2H])([2H])N(C([2H])([2H])C([2H])([2H])O[2H])C([2H])([2H])C([2H])([2H])O[2H]. The van der Waals surface area contributed by atoms with Gasteiger partial charge in [-0.1, -0.05) is 0 Å². The summed E-state index contributed by atoms with van der Waals surface area (Å²) < 4.78 is 109. The predicted octanol–water partition coefficient (Wildman–Crippen LogP) is -1.73. The Balaban J connectivity index is 6.78.